The molecule has 94 valence electrons. The van der Waals surface area contributed by atoms with Crippen LogP contribution in [0.3, 0.4) is 0 Å². The van der Waals surface area contributed by atoms with E-state index in [0.717, 1.165) is 25.3 Å². The minimum Gasteiger partial charge on any atom is -0.492 e. The van der Waals surface area contributed by atoms with Crippen LogP contribution in [0.4, 0.5) is 0 Å². The van der Waals surface area contributed by atoms with Gasteiger partial charge < -0.3 is 4.74 Å². The Bertz CT molecular complexity index is 331. The Hall–Kier alpha value is -1.02. The van der Waals surface area contributed by atoms with Crippen LogP contribution in [-0.4, -0.2) is 31.1 Å². The van der Waals surface area contributed by atoms with Gasteiger partial charge in [-0.05, 0) is 44.0 Å². The van der Waals surface area contributed by atoms with E-state index in [2.05, 4.69) is 36.1 Å². The van der Waals surface area contributed by atoms with E-state index in [4.69, 9.17) is 4.74 Å². The molecule has 0 radical (unpaired) electrons. The van der Waals surface area contributed by atoms with Crippen molar-refractivity contribution in [3.8, 4) is 5.75 Å². The molecule has 1 fully saturated rings. The summed E-state index contributed by atoms with van der Waals surface area (Å²) in [7, 11) is 0. The van der Waals surface area contributed by atoms with Crippen LogP contribution < -0.4 is 4.74 Å². The zero-order valence-corrected chi connectivity index (χ0v) is 10.8. The smallest absolute Gasteiger partial charge is 0.122 e. The Morgan fingerprint density at radius 3 is 2.71 bits per heavy atom. The maximum absolute atomic E-state index is 5.91. The van der Waals surface area contributed by atoms with Gasteiger partial charge in [-0.2, -0.15) is 0 Å². The number of likely N-dealkylation sites (tertiary alicyclic amines) is 1. The number of rotatable bonds is 6. The van der Waals surface area contributed by atoms with Gasteiger partial charge >= 0.3 is 0 Å². The van der Waals surface area contributed by atoms with Gasteiger partial charge in [-0.3, -0.25) is 4.90 Å². The lowest BCUT2D eigenvalue weighted by Gasteiger charge is -2.16. The van der Waals surface area contributed by atoms with Gasteiger partial charge in [0.1, 0.15) is 12.4 Å². The van der Waals surface area contributed by atoms with Crippen molar-refractivity contribution >= 4 is 0 Å². The Kier molecular flexibility index (Phi) is 4.87. The predicted molar refractivity (Wildman–Crippen MR) is 71.6 cm³/mol. The molecule has 0 spiro atoms. The number of hydrogen-bond acceptors (Lipinski definition) is 2. The fourth-order valence-corrected chi connectivity index (χ4v) is 2.41. The molecule has 17 heavy (non-hydrogen) atoms. The van der Waals surface area contributed by atoms with Crippen molar-refractivity contribution < 1.29 is 4.74 Å². The highest BCUT2D eigenvalue weighted by molar-refractivity contribution is 5.33. The molecule has 0 N–H and O–H groups in total. The number of hydrogen-bond donors (Lipinski definition) is 0. The molecule has 0 saturated carbocycles. The standard InChI is InChI=1S/C15H23NO/c1-2-7-14-8-3-4-9-15(14)17-13-12-16-10-5-6-11-16/h3-4,8-9H,2,5-7,10-13H2,1H3. The van der Waals surface area contributed by atoms with Gasteiger partial charge in [-0.15, -0.1) is 0 Å². The van der Waals surface area contributed by atoms with Crippen molar-refractivity contribution in [3.05, 3.63) is 29.8 Å². The van der Waals surface area contributed by atoms with Gasteiger partial charge in [0.2, 0.25) is 0 Å². The van der Waals surface area contributed by atoms with Crippen LogP contribution in [0.2, 0.25) is 0 Å². The zero-order valence-electron chi connectivity index (χ0n) is 10.8. The van der Waals surface area contributed by atoms with Crippen molar-refractivity contribution in [2.45, 2.75) is 32.6 Å². The maximum Gasteiger partial charge on any atom is 0.122 e. The number of nitrogens with zero attached hydrogens (tertiary/aromatic N) is 1. The monoisotopic (exact) mass is 233 g/mol. The van der Waals surface area contributed by atoms with Crippen molar-refractivity contribution in [2.75, 3.05) is 26.2 Å². The third-order valence-electron chi connectivity index (χ3n) is 3.36. The van der Waals surface area contributed by atoms with E-state index in [1.165, 1.54) is 37.9 Å². The average molecular weight is 233 g/mol. The number of aryl methyl sites for hydroxylation is 1. The Morgan fingerprint density at radius 1 is 1.18 bits per heavy atom. The van der Waals surface area contributed by atoms with Crippen LogP contribution in [-0.2, 0) is 6.42 Å². The third-order valence-corrected chi connectivity index (χ3v) is 3.36. The van der Waals surface area contributed by atoms with Crippen molar-refractivity contribution in [2.24, 2.45) is 0 Å². The van der Waals surface area contributed by atoms with Gasteiger partial charge in [-0.1, -0.05) is 31.5 Å². The molecule has 0 atom stereocenters. The first-order chi connectivity index (χ1) is 8.40. The number of ether oxygens (including phenoxy) is 1. The molecule has 0 aromatic heterocycles. The third kappa shape index (κ3) is 3.74. The molecule has 0 aliphatic carbocycles. The molecule has 1 aliphatic rings. The molecule has 1 aromatic carbocycles. The quantitative estimate of drug-likeness (QED) is 0.748. The average Bonchev–Trinajstić information content (AvgIpc) is 2.85. The van der Waals surface area contributed by atoms with E-state index in [1.54, 1.807) is 0 Å². The summed E-state index contributed by atoms with van der Waals surface area (Å²) >= 11 is 0. The van der Waals surface area contributed by atoms with Crippen molar-refractivity contribution in [1.29, 1.82) is 0 Å². The minimum atomic E-state index is 0.820. The Balaban J connectivity index is 1.80. The summed E-state index contributed by atoms with van der Waals surface area (Å²) < 4.78 is 5.91. The van der Waals surface area contributed by atoms with E-state index in [1.807, 2.05) is 0 Å². The molecule has 2 rings (SSSR count). The molecule has 1 aromatic rings. The largest absolute Gasteiger partial charge is 0.492 e. The predicted octanol–water partition coefficient (Wildman–Crippen LogP) is 3.11. The SMILES string of the molecule is CCCc1ccccc1OCCN1CCCC1. The van der Waals surface area contributed by atoms with Crippen LogP contribution in [0.25, 0.3) is 0 Å². The maximum atomic E-state index is 5.91. The highest BCUT2D eigenvalue weighted by atomic mass is 16.5. The molecule has 1 saturated heterocycles. The van der Waals surface area contributed by atoms with Crippen LogP contribution in [0.15, 0.2) is 24.3 Å². The van der Waals surface area contributed by atoms with Crippen molar-refractivity contribution in [3.63, 3.8) is 0 Å². The van der Waals surface area contributed by atoms with E-state index >= 15 is 0 Å². The van der Waals surface area contributed by atoms with Gasteiger partial charge in [0, 0.05) is 6.54 Å². The van der Waals surface area contributed by atoms with E-state index in [-0.39, 0.29) is 0 Å². The summed E-state index contributed by atoms with van der Waals surface area (Å²) in [6, 6.07) is 8.42. The zero-order chi connectivity index (χ0) is 11.9. The van der Waals surface area contributed by atoms with Gasteiger partial charge in [0.05, 0.1) is 0 Å². The number of para-hydroxylation sites is 1. The van der Waals surface area contributed by atoms with Gasteiger partial charge in [0.15, 0.2) is 0 Å². The van der Waals surface area contributed by atoms with E-state index < -0.39 is 0 Å². The fourth-order valence-electron chi connectivity index (χ4n) is 2.41. The highest BCUT2D eigenvalue weighted by Crippen LogP contribution is 2.19. The molecular weight excluding hydrogens is 210 g/mol. The van der Waals surface area contributed by atoms with Crippen LogP contribution >= 0.6 is 0 Å². The minimum absolute atomic E-state index is 0.820. The molecule has 1 aliphatic heterocycles. The molecule has 0 unspecified atom stereocenters. The van der Waals surface area contributed by atoms with Crippen LogP contribution in [0.1, 0.15) is 31.7 Å². The lowest BCUT2D eigenvalue weighted by atomic mass is 10.1. The van der Waals surface area contributed by atoms with Crippen molar-refractivity contribution in [1.82, 2.24) is 4.90 Å². The normalized spacial score (nSPS) is 16.3. The molecule has 0 bridgehead atoms. The summed E-state index contributed by atoms with van der Waals surface area (Å²) in [6.45, 7) is 6.60. The van der Waals surface area contributed by atoms with E-state index in [9.17, 15) is 0 Å². The summed E-state index contributed by atoms with van der Waals surface area (Å²) in [5.74, 6) is 1.08. The second-order valence-corrected chi connectivity index (χ2v) is 4.75. The summed E-state index contributed by atoms with van der Waals surface area (Å²) in [4.78, 5) is 2.49. The first-order valence-corrected chi connectivity index (χ1v) is 6.83. The second-order valence-electron chi connectivity index (χ2n) is 4.75. The highest BCUT2D eigenvalue weighted by Gasteiger charge is 2.11. The Labute approximate surface area is 105 Å². The molecule has 2 heteroatoms. The van der Waals surface area contributed by atoms with Crippen LogP contribution in [0, 0.1) is 0 Å². The molecule has 1 heterocycles. The van der Waals surface area contributed by atoms with Crippen LogP contribution in [0.5, 0.6) is 5.75 Å². The topological polar surface area (TPSA) is 12.5 Å². The second kappa shape index (κ2) is 6.65. The number of benzene rings is 1. The lowest BCUT2D eigenvalue weighted by molar-refractivity contribution is 0.236. The summed E-state index contributed by atoms with van der Waals surface area (Å²) in [6.07, 6.45) is 4.99. The van der Waals surface area contributed by atoms with Gasteiger partial charge in [0.25, 0.3) is 0 Å². The molecular formula is C15H23NO. The summed E-state index contributed by atoms with van der Waals surface area (Å²) in [5.41, 5.74) is 1.34. The molecule has 2 nitrogen and oxygen atoms in total. The molecule has 0 amide bonds. The first kappa shape index (κ1) is 12.4. The van der Waals surface area contributed by atoms with E-state index in [0.29, 0.717) is 0 Å². The first-order valence-electron chi connectivity index (χ1n) is 6.83. The fraction of sp³-hybridized carbons (Fsp3) is 0.600. The summed E-state index contributed by atoms with van der Waals surface area (Å²) in [5, 5.41) is 0. The lowest BCUT2D eigenvalue weighted by Crippen LogP contribution is -2.25. The van der Waals surface area contributed by atoms with Gasteiger partial charge in [-0.25, -0.2) is 0 Å². The Morgan fingerprint density at radius 2 is 1.94 bits per heavy atom.